The van der Waals surface area contributed by atoms with Gasteiger partial charge in [0.05, 0.1) is 24.6 Å². The lowest BCUT2D eigenvalue weighted by atomic mass is 10.0. The second-order valence-corrected chi connectivity index (χ2v) is 22.9. The summed E-state index contributed by atoms with van der Waals surface area (Å²) < 4.78 is 0. The second-order valence-electron chi connectivity index (χ2n) is 18.4. The predicted octanol–water partition coefficient (Wildman–Crippen LogP) is 20.2. The molecule has 0 aliphatic rings. The molecule has 0 aromatic carbocycles. The minimum absolute atomic E-state index is 0.797. The SMILES string of the molecule is CCCCCCCCCCCCCCCCCCC[P+](CCCCCCCCCCC)(CCCCCCCCCCC)CCCCCCCCCCC. The molecule has 0 unspecified atom stereocenters. The van der Waals surface area contributed by atoms with Gasteiger partial charge in [0.2, 0.25) is 0 Å². The standard InChI is InChI=1S/C52H108P/c1-5-9-13-17-21-25-26-27-28-29-30-31-32-36-40-44-48-52-53(49-45-41-37-33-22-18-14-10-6-2,50-46-42-38-34-23-19-15-11-7-3)51-47-43-39-35-24-20-16-12-8-4/h5-52H2,1-4H3/q+1. The summed E-state index contributed by atoms with van der Waals surface area (Å²) in [5.74, 6) is 0. The van der Waals surface area contributed by atoms with Crippen LogP contribution in [0.4, 0.5) is 0 Å². The minimum atomic E-state index is -0.797. The highest BCUT2D eigenvalue weighted by molar-refractivity contribution is 7.75. The Kier molecular flexibility index (Phi) is 47.2. The van der Waals surface area contributed by atoms with Crippen LogP contribution in [0.15, 0.2) is 0 Å². The van der Waals surface area contributed by atoms with Crippen LogP contribution < -0.4 is 0 Å². The van der Waals surface area contributed by atoms with Crippen molar-refractivity contribution in [2.24, 2.45) is 0 Å². The first kappa shape index (κ1) is 53.4. The van der Waals surface area contributed by atoms with Crippen molar-refractivity contribution in [2.45, 2.75) is 310 Å². The van der Waals surface area contributed by atoms with Gasteiger partial charge in [-0.15, -0.1) is 0 Å². The van der Waals surface area contributed by atoms with Gasteiger partial charge in [0, 0.05) is 7.26 Å². The molecule has 0 fully saturated rings. The minimum Gasteiger partial charge on any atom is -0.0654 e. The predicted molar refractivity (Wildman–Crippen MR) is 252 cm³/mol. The molecule has 0 bridgehead atoms. The molecule has 0 aromatic heterocycles. The Bertz CT molecular complexity index is 572. The fourth-order valence-corrected chi connectivity index (χ4v) is 14.0. The highest BCUT2D eigenvalue weighted by Crippen LogP contribution is 2.61. The molecule has 0 saturated heterocycles. The third-order valence-electron chi connectivity index (χ3n) is 12.9. The molecule has 0 N–H and O–H groups in total. The fraction of sp³-hybridized carbons (Fsp3) is 1.00. The Labute approximate surface area is 340 Å². The zero-order chi connectivity index (χ0) is 38.4. The Morgan fingerprint density at radius 3 is 0.396 bits per heavy atom. The smallest absolute Gasteiger partial charge is 0.0594 e. The first-order valence-corrected chi connectivity index (χ1v) is 28.6. The second kappa shape index (κ2) is 46.8. The third kappa shape index (κ3) is 41.9. The van der Waals surface area contributed by atoms with Crippen molar-refractivity contribution in [3.63, 3.8) is 0 Å². The molecule has 320 valence electrons. The van der Waals surface area contributed by atoms with Crippen molar-refractivity contribution in [1.29, 1.82) is 0 Å². The fourth-order valence-electron chi connectivity index (χ4n) is 9.12. The van der Waals surface area contributed by atoms with Crippen molar-refractivity contribution in [1.82, 2.24) is 0 Å². The van der Waals surface area contributed by atoms with Crippen LogP contribution in [-0.2, 0) is 0 Å². The number of rotatable bonds is 48. The first-order chi connectivity index (χ1) is 26.2. The van der Waals surface area contributed by atoms with Crippen LogP contribution in [0.5, 0.6) is 0 Å². The van der Waals surface area contributed by atoms with Gasteiger partial charge in [-0.05, 0) is 51.4 Å². The van der Waals surface area contributed by atoms with Gasteiger partial charge in [-0.1, -0.05) is 259 Å². The first-order valence-electron chi connectivity index (χ1n) is 26.1. The summed E-state index contributed by atoms with van der Waals surface area (Å²) in [6.07, 6.45) is 72.2. The maximum absolute atomic E-state index is 2.35. The van der Waals surface area contributed by atoms with E-state index in [1.165, 1.54) is 257 Å². The monoisotopic (exact) mass is 764 g/mol. The van der Waals surface area contributed by atoms with Crippen LogP contribution in [0, 0.1) is 0 Å². The summed E-state index contributed by atoms with van der Waals surface area (Å²) >= 11 is 0. The van der Waals surface area contributed by atoms with E-state index in [0.717, 1.165) is 0 Å². The van der Waals surface area contributed by atoms with E-state index in [1.54, 1.807) is 50.3 Å². The van der Waals surface area contributed by atoms with E-state index in [1.807, 2.05) is 0 Å². The number of hydrogen-bond donors (Lipinski definition) is 0. The zero-order valence-electron chi connectivity index (χ0n) is 38.4. The summed E-state index contributed by atoms with van der Waals surface area (Å²) in [4.78, 5) is 0. The summed E-state index contributed by atoms with van der Waals surface area (Å²) in [7, 11) is -0.797. The van der Waals surface area contributed by atoms with Crippen LogP contribution in [0.2, 0.25) is 0 Å². The largest absolute Gasteiger partial charge is 0.0654 e. The van der Waals surface area contributed by atoms with Gasteiger partial charge in [-0.25, -0.2) is 0 Å². The van der Waals surface area contributed by atoms with E-state index < -0.39 is 7.26 Å². The molecule has 0 amide bonds. The lowest BCUT2D eigenvalue weighted by molar-refractivity contribution is 0.529. The van der Waals surface area contributed by atoms with Gasteiger partial charge in [0.25, 0.3) is 0 Å². The Balaban J connectivity index is 4.71. The van der Waals surface area contributed by atoms with Crippen LogP contribution in [0.3, 0.4) is 0 Å². The summed E-state index contributed by atoms with van der Waals surface area (Å²) in [6.45, 7) is 9.36. The van der Waals surface area contributed by atoms with E-state index in [2.05, 4.69) is 27.7 Å². The molecule has 0 rings (SSSR count). The molecule has 0 saturated carbocycles. The average molecular weight is 764 g/mol. The molecule has 0 nitrogen and oxygen atoms in total. The van der Waals surface area contributed by atoms with Crippen molar-refractivity contribution in [2.75, 3.05) is 24.6 Å². The summed E-state index contributed by atoms with van der Waals surface area (Å²) in [6, 6.07) is 0. The summed E-state index contributed by atoms with van der Waals surface area (Å²) in [5.41, 5.74) is 0. The highest BCUT2D eigenvalue weighted by Gasteiger charge is 2.35. The van der Waals surface area contributed by atoms with Gasteiger partial charge in [-0.2, -0.15) is 0 Å². The van der Waals surface area contributed by atoms with Crippen molar-refractivity contribution in [3.05, 3.63) is 0 Å². The van der Waals surface area contributed by atoms with Crippen LogP contribution in [0.1, 0.15) is 310 Å². The Hall–Kier alpha value is 0.430. The highest BCUT2D eigenvalue weighted by atomic mass is 31.2. The van der Waals surface area contributed by atoms with E-state index in [-0.39, 0.29) is 0 Å². The van der Waals surface area contributed by atoms with Gasteiger partial charge in [0.1, 0.15) is 0 Å². The zero-order valence-corrected chi connectivity index (χ0v) is 39.3. The molecule has 0 aromatic rings. The topological polar surface area (TPSA) is 0 Å². The van der Waals surface area contributed by atoms with E-state index in [9.17, 15) is 0 Å². The van der Waals surface area contributed by atoms with E-state index >= 15 is 0 Å². The lowest BCUT2D eigenvalue weighted by Crippen LogP contribution is -2.13. The van der Waals surface area contributed by atoms with Crippen molar-refractivity contribution < 1.29 is 0 Å². The average Bonchev–Trinajstić information content (AvgIpc) is 3.17. The van der Waals surface area contributed by atoms with E-state index in [0.29, 0.717) is 0 Å². The van der Waals surface area contributed by atoms with Gasteiger partial charge >= 0.3 is 0 Å². The maximum Gasteiger partial charge on any atom is 0.0594 e. The third-order valence-corrected chi connectivity index (χ3v) is 18.0. The normalized spacial score (nSPS) is 12.0. The van der Waals surface area contributed by atoms with Crippen molar-refractivity contribution >= 4 is 7.26 Å². The molecule has 0 atom stereocenters. The van der Waals surface area contributed by atoms with Crippen LogP contribution in [0.25, 0.3) is 0 Å². The summed E-state index contributed by atoms with van der Waals surface area (Å²) in [5, 5.41) is 0. The van der Waals surface area contributed by atoms with Gasteiger partial charge in [0.15, 0.2) is 0 Å². The van der Waals surface area contributed by atoms with Crippen LogP contribution in [-0.4, -0.2) is 24.6 Å². The molecule has 0 radical (unpaired) electrons. The molecule has 0 aliphatic heterocycles. The quantitative estimate of drug-likeness (QED) is 0.0428. The van der Waals surface area contributed by atoms with Gasteiger partial charge in [-0.3, -0.25) is 0 Å². The maximum atomic E-state index is 2.35. The molecular weight excluding hydrogens is 656 g/mol. The molecule has 0 spiro atoms. The van der Waals surface area contributed by atoms with Crippen molar-refractivity contribution in [3.8, 4) is 0 Å². The van der Waals surface area contributed by atoms with Crippen LogP contribution >= 0.6 is 7.26 Å². The molecule has 53 heavy (non-hydrogen) atoms. The molecular formula is C52H108P+. The molecule has 1 heteroatoms. The Morgan fingerprint density at radius 2 is 0.264 bits per heavy atom. The molecule has 0 aliphatic carbocycles. The number of hydrogen-bond acceptors (Lipinski definition) is 0. The lowest BCUT2D eigenvalue weighted by Gasteiger charge is -2.28. The van der Waals surface area contributed by atoms with E-state index in [4.69, 9.17) is 0 Å². The van der Waals surface area contributed by atoms with Gasteiger partial charge < -0.3 is 0 Å². The molecule has 0 heterocycles. The number of unbranched alkanes of at least 4 members (excludes halogenated alkanes) is 40. The Morgan fingerprint density at radius 1 is 0.151 bits per heavy atom.